The first-order chi connectivity index (χ1) is 8.58. The lowest BCUT2D eigenvalue weighted by Crippen LogP contribution is -2.40. The number of carboxylic acids is 1. The van der Waals surface area contributed by atoms with Crippen LogP contribution in [0.2, 0.25) is 0 Å². The van der Waals surface area contributed by atoms with Gasteiger partial charge < -0.3 is 19.6 Å². The predicted molar refractivity (Wildman–Crippen MR) is 70.8 cm³/mol. The van der Waals surface area contributed by atoms with Crippen molar-refractivity contribution in [1.82, 2.24) is 9.80 Å². The van der Waals surface area contributed by atoms with Crippen LogP contribution in [0.25, 0.3) is 0 Å². The summed E-state index contributed by atoms with van der Waals surface area (Å²) in [5, 5.41) is 8.67. The third-order valence-electron chi connectivity index (χ3n) is 3.21. The second-order valence-corrected chi connectivity index (χ2v) is 5.24. The van der Waals surface area contributed by atoms with Gasteiger partial charge in [-0.25, -0.2) is 0 Å². The highest BCUT2D eigenvalue weighted by Crippen LogP contribution is 2.13. The number of rotatable bonds is 8. The van der Waals surface area contributed by atoms with E-state index < -0.39 is 5.97 Å². The van der Waals surface area contributed by atoms with E-state index in [0.717, 1.165) is 45.5 Å². The van der Waals surface area contributed by atoms with E-state index in [9.17, 15) is 4.79 Å². The molecule has 1 aliphatic heterocycles. The minimum absolute atomic E-state index is 0.230. The van der Waals surface area contributed by atoms with E-state index in [0.29, 0.717) is 6.54 Å². The molecular formula is C13H26N2O3. The van der Waals surface area contributed by atoms with E-state index >= 15 is 0 Å². The Bertz CT molecular complexity index is 246. The molecule has 0 aromatic heterocycles. The Kier molecular flexibility index (Phi) is 7.23. The quantitative estimate of drug-likeness (QED) is 0.655. The van der Waals surface area contributed by atoms with Gasteiger partial charge in [0, 0.05) is 19.7 Å². The largest absolute Gasteiger partial charge is 0.481 e. The molecule has 106 valence electrons. The summed E-state index contributed by atoms with van der Waals surface area (Å²) in [7, 11) is 4.13. The van der Waals surface area contributed by atoms with Gasteiger partial charge in [-0.05, 0) is 46.4 Å². The van der Waals surface area contributed by atoms with Crippen LogP contribution in [0, 0.1) is 0 Å². The average Bonchev–Trinajstić information content (AvgIpc) is 2.32. The summed E-state index contributed by atoms with van der Waals surface area (Å²) in [4.78, 5) is 14.9. The zero-order valence-electron chi connectivity index (χ0n) is 11.6. The Morgan fingerprint density at radius 2 is 2.28 bits per heavy atom. The first-order valence-corrected chi connectivity index (χ1v) is 6.78. The molecule has 1 rings (SSSR count). The van der Waals surface area contributed by atoms with Gasteiger partial charge in [-0.15, -0.1) is 0 Å². The normalized spacial score (nSPS) is 21.4. The van der Waals surface area contributed by atoms with Gasteiger partial charge in [-0.2, -0.15) is 0 Å². The van der Waals surface area contributed by atoms with Gasteiger partial charge in [0.2, 0.25) is 0 Å². The van der Waals surface area contributed by atoms with Crippen LogP contribution in [0.3, 0.4) is 0 Å². The lowest BCUT2D eigenvalue weighted by Gasteiger charge is -2.32. The maximum absolute atomic E-state index is 10.5. The highest BCUT2D eigenvalue weighted by Gasteiger charge is 2.20. The Morgan fingerprint density at radius 1 is 1.50 bits per heavy atom. The minimum Gasteiger partial charge on any atom is -0.481 e. The Morgan fingerprint density at radius 3 is 2.94 bits per heavy atom. The van der Waals surface area contributed by atoms with Crippen molar-refractivity contribution in [3.05, 3.63) is 0 Å². The maximum Gasteiger partial charge on any atom is 0.304 e. The molecule has 5 nitrogen and oxygen atoms in total. The highest BCUT2D eigenvalue weighted by atomic mass is 16.5. The van der Waals surface area contributed by atoms with Gasteiger partial charge >= 0.3 is 5.97 Å². The monoisotopic (exact) mass is 258 g/mol. The molecule has 1 saturated heterocycles. The summed E-state index contributed by atoms with van der Waals surface area (Å²) < 4.78 is 5.85. The van der Waals surface area contributed by atoms with Crippen LogP contribution in [0.1, 0.15) is 25.7 Å². The first kappa shape index (κ1) is 15.4. The van der Waals surface area contributed by atoms with E-state index in [4.69, 9.17) is 9.84 Å². The van der Waals surface area contributed by atoms with Gasteiger partial charge in [0.15, 0.2) is 0 Å². The van der Waals surface area contributed by atoms with Crippen LogP contribution < -0.4 is 0 Å². The van der Waals surface area contributed by atoms with Crippen LogP contribution in [0.4, 0.5) is 0 Å². The number of hydrogen-bond donors (Lipinski definition) is 1. The van der Waals surface area contributed by atoms with Crippen LogP contribution >= 0.6 is 0 Å². The molecule has 0 aliphatic carbocycles. The molecule has 1 unspecified atom stereocenters. The minimum atomic E-state index is -0.718. The van der Waals surface area contributed by atoms with E-state index in [-0.39, 0.29) is 12.5 Å². The van der Waals surface area contributed by atoms with Crippen molar-refractivity contribution in [2.45, 2.75) is 31.8 Å². The number of carbonyl (C=O) groups is 1. The second kappa shape index (κ2) is 8.45. The fourth-order valence-corrected chi connectivity index (χ4v) is 2.24. The molecular weight excluding hydrogens is 232 g/mol. The molecule has 0 aromatic rings. The van der Waals surface area contributed by atoms with E-state index in [1.807, 2.05) is 0 Å². The molecule has 0 saturated carbocycles. The molecule has 18 heavy (non-hydrogen) atoms. The van der Waals surface area contributed by atoms with Crippen LogP contribution in [-0.2, 0) is 9.53 Å². The number of hydrogen-bond acceptors (Lipinski definition) is 4. The zero-order valence-corrected chi connectivity index (χ0v) is 11.6. The van der Waals surface area contributed by atoms with Gasteiger partial charge in [0.05, 0.1) is 12.5 Å². The average molecular weight is 258 g/mol. The summed E-state index contributed by atoms with van der Waals surface area (Å²) in [5.41, 5.74) is 0. The van der Waals surface area contributed by atoms with Crippen LogP contribution in [0.5, 0.6) is 0 Å². The molecule has 0 aromatic carbocycles. The van der Waals surface area contributed by atoms with Crippen molar-refractivity contribution < 1.29 is 14.6 Å². The Labute approximate surface area is 110 Å². The SMILES string of the molecule is CN(C)CCCOC1CCCN(CCC(=O)O)C1. The predicted octanol–water partition coefficient (Wildman–Crippen LogP) is 0.894. The molecule has 1 aliphatic rings. The van der Waals surface area contributed by atoms with Crippen molar-refractivity contribution in [2.75, 3.05) is 46.9 Å². The Hall–Kier alpha value is -0.650. The number of aliphatic carboxylic acids is 1. The lowest BCUT2D eigenvalue weighted by molar-refractivity contribution is -0.137. The van der Waals surface area contributed by atoms with Gasteiger partial charge in [0.25, 0.3) is 0 Å². The first-order valence-electron chi connectivity index (χ1n) is 6.78. The third-order valence-corrected chi connectivity index (χ3v) is 3.21. The van der Waals surface area contributed by atoms with Crippen molar-refractivity contribution >= 4 is 5.97 Å². The summed E-state index contributed by atoms with van der Waals surface area (Å²) in [6.07, 6.45) is 3.78. The number of ether oxygens (including phenoxy) is 1. The molecule has 0 spiro atoms. The molecule has 1 heterocycles. The Balaban J connectivity index is 2.12. The number of piperidine rings is 1. The van der Waals surface area contributed by atoms with E-state index in [1.165, 1.54) is 0 Å². The summed E-state index contributed by atoms with van der Waals surface area (Å²) in [6, 6.07) is 0. The van der Waals surface area contributed by atoms with Crippen LogP contribution in [-0.4, -0.2) is 73.9 Å². The summed E-state index contributed by atoms with van der Waals surface area (Å²) >= 11 is 0. The highest BCUT2D eigenvalue weighted by molar-refractivity contribution is 5.66. The fraction of sp³-hybridized carbons (Fsp3) is 0.923. The van der Waals surface area contributed by atoms with E-state index in [2.05, 4.69) is 23.9 Å². The lowest BCUT2D eigenvalue weighted by atomic mass is 10.1. The smallest absolute Gasteiger partial charge is 0.304 e. The molecule has 0 amide bonds. The van der Waals surface area contributed by atoms with Gasteiger partial charge in [0.1, 0.15) is 0 Å². The number of likely N-dealkylation sites (tertiary alicyclic amines) is 1. The van der Waals surface area contributed by atoms with Gasteiger partial charge in [-0.1, -0.05) is 0 Å². The summed E-state index contributed by atoms with van der Waals surface area (Å²) in [6.45, 7) is 4.39. The van der Waals surface area contributed by atoms with Crippen molar-refractivity contribution in [2.24, 2.45) is 0 Å². The fourth-order valence-electron chi connectivity index (χ4n) is 2.24. The molecule has 1 fully saturated rings. The molecule has 5 heteroatoms. The number of carboxylic acid groups (broad SMARTS) is 1. The standard InChI is InChI=1S/C13H26N2O3/c1-14(2)7-4-10-18-12-5-3-8-15(11-12)9-6-13(16)17/h12H,3-11H2,1-2H3,(H,16,17). The van der Waals surface area contributed by atoms with Crippen molar-refractivity contribution in [3.8, 4) is 0 Å². The third kappa shape index (κ3) is 6.93. The van der Waals surface area contributed by atoms with E-state index in [1.54, 1.807) is 0 Å². The second-order valence-electron chi connectivity index (χ2n) is 5.24. The van der Waals surface area contributed by atoms with Gasteiger partial charge in [-0.3, -0.25) is 4.79 Å². The topological polar surface area (TPSA) is 53.0 Å². The maximum atomic E-state index is 10.5. The molecule has 0 radical (unpaired) electrons. The summed E-state index contributed by atoms with van der Waals surface area (Å²) in [5.74, 6) is -0.718. The van der Waals surface area contributed by atoms with Crippen LogP contribution in [0.15, 0.2) is 0 Å². The van der Waals surface area contributed by atoms with Crippen molar-refractivity contribution in [3.63, 3.8) is 0 Å². The molecule has 0 bridgehead atoms. The number of nitrogens with zero attached hydrogens (tertiary/aromatic N) is 2. The molecule has 1 atom stereocenters. The van der Waals surface area contributed by atoms with Crippen molar-refractivity contribution in [1.29, 1.82) is 0 Å². The zero-order chi connectivity index (χ0) is 13.4. The molecule has 1 N–H and O–H groups in total.